The van der Waals surface area contributed by atoms with Crippen LogP contribution in [0, 0.1) is 0 Å². The third kappa shape index (κ3) is 5.43. The van der Waals surface area contributed by atoms with Crippen LogP contribution in [0.5, 0.6) is 0 Å². The molecule has 4 amide bonds. The number of imide groups is 1. The van der Waals surface area contributed by atoms with E-state index in [9.17, 15) is 14.4 Å². The van der Waals surface area contributed by atoms with Gasteiger partial charge in [0, 0.05) is 30.7 Å². The smallest absolute Gasteiger partial charge is 0.410 e. The third-order valence-corrected chi connectivity index (χ3v) is 7.63. The van der Waals surface area contributed by atoms with Crippen molar-refractivity contribution >= 4 is 51.2 Å². The topological polar surface area (TPSA) is 117 Å². The number of rotatable bonds is 5. The largest absolute Gasteiger partial charge is 0.444 e. The van der Waals surface area contributed by atoms with Gasteiger partial charge in [-0.05, 0) is 68.6 Å². The highest BCUT2D eigenvalue weighted by molar-refractivity contribution is 9.10. The number of hydrogen-bond donors (Lipinski definition) is 2. The van der Waals surface area contributed by atoms with Crippen LogP contribution in [0.25, 0.3) is 10.6 Å². The molecule has 0 spiro atoms. The van der Waals surface area contributed by atoms with Crippen molar-refractivity contribution in [3.63, 3.8) is 0 Å². The van der Waals surface area contributed by atoms with E-state index in [1.807, 2.05) is 20.8 Å². The van der Waals surface area contributed by atoms with Crippen molar-refractivity contribution < 1.29 is 19.1 Å². The quantitative estimate of drug-likeness (QED) is 0.527. The van der Waals surface area contributed by atoms with Crippen LogP contribution >= 0.6 is 27.3 Å². The van der Waals surface area contributed by atoms with Gasteiger partial charge in [-0.3, -0.25) is 10.1 Å². The second-order valence-corrected chi connectivity index (χ2v) is 12.0. The number of aromatic nitrogens is 2. The monoisotopic (exact) mass is 564 g/mol. The molecule has 35 heavy (non-hydrogen) atoms. The van der Waals surface area contributed by atoms with Gasteiger partial charge in [0.2, 0.25) is 5.95 Å². The molecule has 0 radical (unpaired) electrons. The van der Waals surface area contributed by atoms with Gasteiger partial charge in [-0.2, -0.15) is 0 Å². The average Bonchev–Trinajstić information content (AvgIpc) is 3.26. The summed E-state index contributed by atoms with van der Waals surface area (Å²) in [6.07, 6.45) is 2.15. The minimum Gasteiger partial charge on any atom is -0.444 e. The van der Waals surface area contributed by atoms with Gasteiger partial charge in [-0.1, -0.05) is 0 Å². The van der Waals surface area contributed by atoms with E-state index in [4.69, 9.17) is 4.74 Å². The summed E-state index contributed by atoms with van der Waals surface area (Å²) < 4.78 is 6.29. The highest BCUT2D eigenvalue weighted by Crippen LogP contribution is 2.37. The predicted molar refractivity (Wildman–Crippen MR) is 136 cm³/mol. The van der Waals surface area contributed by atoms with E-state index in [0.717, 1.165) is 27.0 Å². The van der Waals surface area contributed by atoms with Crippen LogP contribution in [-0.2, 0) is 22.5 Å². The van der Waals surface area contributed by atoms with Gasteiger partial charge in [0.05, 0.1) is 21.6 Å². The Morgan fingerprint density at radius 3 is 2.74 bits per heavy atom. The summed E-state index contributed by atoms with van der Waals surface area (Å²) >= 11 is 5.21. The van der Waals surface area contributed by atoms with E-state index in [0.29, 0.717) is 32.1 Å². The Morgan fingerprint density at radius 2 is 2.09 bits per heavy atom. The molecule has 0 aromatic carbocycles. The lowest BCUT2D eigenvalue weighted by Crippen LogP contribution is -2.46. The highest BCUT2D eigenvalue weighted by Gasteiger charge is 2.45. The van der Waals surface area contributed by atoms with E-state index < -0.39 is 17.2 Å². The van der Waals surface area contributed by atoms with Crippen LogP contribution in [0.1, 0.15) is 45.1 Å². The zero-order valence-corrected chi connectivity index (χ0v) is 22.8. The number of carbonyl (C=O) groups is 3. The van der Waals surface area contributed by atoms with E-state index in [1.165, 1.54) is 9.78 Å². The molecule has 4 rings (SSSR count). The van der Waals surface area contributed by atoms with Gasteiger partial charge >= 0.3 is 12.1 Å². The summed E-state index contributed by atoms with van der Waals surface area (Å²) in [7, 11) is 0. The van der Waals surface area contributed by atoms with Crippen LogP contribution in [0.15, 0.2) is 16.7 Å². The van der Waals surface area contributed by atoms with E-state index >= 15 is 0 Å². The van der Waals surface area contributed by atoms with Crippen molar-refractivity contribution in [3.05, 3.63) is 27.2 Å². The number of urea groups is 1. The molecule has 0 unspecified atom stereocenters. The number of halogens is 1. The number of carbonyl (C=O) groups excluding carboxylic acids is 3. The van der Waals surface area contributed by atoms with Crippen LogP contribution in [0.4, 0.5) is 15.5 Å². The van der Waals surface area contributed by atoms with Crippen molar-refractivity contribution in [3.8, 4) is 10.6 Å². The second-order valence-electron chi connectivity index (χ2n) is 10.00. The maximum Gasteiger partial charge on any atom is 0.410 e. The highest BCUT2D eigenvalue weighted by atomic mass is 79.9. The van der Waals surface area contributed by atoms with Crippen LogP contribution < -0.4 is 10.6 Å². The average molecular weight is 565 g/mol. The molecule has 2 aromatic heterocycles. The molecule has 0 bridgehead atoms. The summed E-state index contributed by atoms with van der Waals surface area (Å²) in [5.74, 6) is 0.116. The first-order valence-electron chi connectivity index (χ1n) is 11.3. The molecule has 2 N–H and O–H groups in total. The summed E-state index contributed by atoms with van der Waals surface area (Å²) in [5, 5.41) is 5.49. The number of anilines is 1. The molecule has 2 aliphatic heterocycles. The summed E-state index contributed by atoms with van der Waals surface area (Å²) in [6.45, 7) is 10.8. The Labute approximate surface area is 216 Å². The van der Waals surface area contributed by atoms with Gasteiger partial charge in [-0.25, -0.2) is 19.6 Å². The molecule has 2 aliphatic rings. The fourth-order valence-corrected chi connectivity index (χ4v) is 5.61. The van der Waals surface area contributed by atoms with Crippen molar-refractivity contribution in [1.29, 1.82) is 0 Å². The number of hydrogen-bond acceptors (Lipinski definition) is 8. The Balaban J connectivity index is 1.44. The second kappa shape index (κ2) is 9.38. The predicted octanol–water partition coefficient (Wildman–Crippen LogP) is 4.00. The van der Waals surface area contributed by atoms with Crippen LogP contribution in [-0.4, -0.2) is 68.6 Å². The Hall–Kier alpha value is -2.73. The molecular formula is C23H29BrN6O4S. The van der Waals surface area contributed by atoms with Gasteiger partial charge in [0.25, 0.3) is 5.91 Å². The fourth-order valence-electron chi connectivity index (χ4n) is 3.91. The SMILES string of the molecule is CC(C)(C)OC(=O)N1CCc2sc(-c3nc(NCCN4C(=O)NC(=O)C4(C)C)ncc3Br)cc2C1. The Bertz CT molecular complexity index is 1180. The molecule has 1 saturated heterocycles. The maximum atomic E-state index is 12.5. The first-order valence-corrected chi connectivity index (χ1v) is 13.0. The summed E-state index contributed by atoms with van der Waals surface area (Å²) in [4.78, 5) is 50.9. The number of ether oxygens (including phenoxy) is 1. The zero-order chi connectivity index (χ0) is 25.5. The number of nitrogens with one attached hydrogen (secondary N) is 2. The van der Waals surface area contributed by atoms with E-state index in [-0.39, 0.29) is 12.0 Å². The van der Waals surface area contributed by atoms with E-state index in [1.54, 1.807) is 36.3 Å². The molecular weight excluding hydrogens is 536 g/mol. The van der Waals surface area contributed by atoms with Crippen LogP contribution in [0.2, 0.25) is 0 Å². The van der Waals surface area contributed by atoms with Gasteiger partial charge < -0.3 is 19.9 Å². The van der Waals surface area contributed by atoms with E-state index in [2.05, 4.69) is 42.6 Å². The Kier molecular flexibility index (Phi) is 6.80. The molecule has 1 fully saturated rings. The number of amides is 4. The molecule has 188 valence electrons. The third-order valence-electron chi connectivity index (χ3n) is 5.81. The summed E-state index contributed by atoms with van der Waals surface area (Å²) in [6, 6.07) is 1.67. The van der Waals surface area contributed by atoms with Crippen molar-refractivity contribution in [2.45, 2.75) is 58.7 Å². The molecule has 4 heterocycles. The van der Waals surface area contributed by atoms with Gasteiger partial charge in [0.15, 0.2) is 0 Å². The van der Waals surface area contributed by atoms with Crippen LogP contribution in [0.3, 0.4) is 0 Å². The fraction of sp³-hybridized carbons (Fsp3) is 0.522. The molecule has 2 aromatic rings. The molecule has 0 saturated carbocycles. The molecule has 0 atom stereocenters. The maximum absolute atomic E-state index is 12.5. The van der Waals surface area contributed by atoms with Crippen molar-refractivity contribution in [1.82, 2.24) is 25.1 Å². The standard InChI is InChI=1S/C23H29BrN6O4S/c1-22(2,3)34-21(33)29-8-6-15-13(12-29)10-16(35-15)17-14(24)11-26-19(27-17)25-7-9-30-20(32)28-18(31)23(30,4)5/h10-11H,6-9,12H2,1-5H3,(H,25,26,27)(H,28,31,32). The lowest BCUT2D eigenvalue weighted by molar-refractivity contribution is -0.125. The zero-order valence-electron chi connectivity index (χ0n) is 20.4. The van der Waals surface area contributed by atoms with Crippen molar-refractivity contribution in [2.24, 2.45) is 0 Å². The minimum atomic E-state index is -0.895. The minimum absolute atomic E-state index is 0.304. The number of fused-ring (bicyclic) bond motifs is 1. The molecule has 0 aliphatic carbocycles. The van der Waals surface area contributed by atoms with Crippen molar-refractivity contribution in [2.75, 3.05) is 25.0 Å². The number of thiophene rings is 1. The van der Waals surface area contributed by atoms with Gasteiger partial charge in [-0.15, -0.1) is 11.3 Å². The number of nitrogens with zero attached hydrogens (tertiary/aromatic N) is 4. The first kappa shape index (κ1) is 25.4. The molecule has 12 heteroatoms. The normalized spacial score (nSPS) is 17.3. The van der Waals surface area contributed by atoms with Gasteiger partial charge in [0.1, 0.15) is 11.1 Å². The lowest BCUT2D eigenvalue weighted by atomic mass is 10.0. The Morgan fingerprint density at radius 1 is 1.34 bits per heavy atom. The lowest BCUT2D eigenvalue weighted by Gasteiger charge is -2.29. The molecule has 10 nitrogen and oxygen atoms in total. The summed E-state index contributed by atoms with van der Waals surface area (Å²) in [5.41, 5.74) is 0.415. The first-order chi connectivity index (χ1) is 16.3.